The van der Waals surface area contributed by atoms with Crippen LogP contribution in [0.15, 0.2) is 30.9 Å². The predicted octanol–water partition coefficient (Wildman–Crippen LogP) is 3.20. The Kier molecular flexibility index (Phi) is 6.53. The van der Waals surface area contributed by atoms with Gasteiger partial charge in [0.2, 0.25) is 0 Å². The molecule has 4 nitrogen and oxygen atoms in total. The third-order valence-corrected chi connectivity index (χ3v) is 4.15. The first-order valence-electron chi connectivity index (χ1n) is 8.39. The average Bonchev–Trinajstić information content (AvgIpc) is 2.55. The number of carbonyl (C=O) groups is 1. The van der Waals surface area contributed by atoms with Crippen molar-refractivity contribution in [3.05, 3.63) is 47.8 Å². The number of hydrogen-bond acceptors (Lipinski definition) is 3. The van der Waals surface area contributed by atoms with Crippen molar-refractivity contribution in [2.45, 2.75) is 33.1 Å². The largest absolute Gasteiger partial charge is 0.351 e. The molecule has 1 saturated heterocycles. The van der Waals surface area contributed by atoms with Gasteiger partial charge in [-0.25, -0.2) is 0 Å². The van der Waals surface area contributed by atoms with Crippen molar-refractivity contribution in [2.24, 2.45) is 0 Å². The summed E-state index contributed by atoms with van der Waals surface area (Å²) in [5, 5.41) is 3.02. The number of aryl methyl sites for hydroxylation is 1. The van der Waals surface area contributed by atoms with E-state index in [0.29, 0.717) is 12.1 Å². The fraction of sp³-hybridized carbons (Fsp3) is 0.474. The van der Waals surface area contributed by atoms with E-state index in [1.807, 2.05) is 32.1 Å². The Morgan fingerprint density at radius 3 is 2.78 bits per heavy atom. The minimum absolute atomic E-state index is 0.0276. The molecule has 23 heavy (non-hydrogen) atoms. The molecular formula is C19H27N3O. The highest BCUT2D eigenvalue weighted by Gasteiger charge is 2.12. The van der Waals surface area contributed by atoms with E-state index in [-0.39, 0.29) is 5.91 Å². The summed E-state index contributed by atoms with van der Waals surface area (Å²) in [5.74, 6) is -0.0276. The molecule has 0 bridgehead atoms. The number of carbonyl (C=O) groups excluding carboxylic acids is 1. The summed E-state index contributed by atoms with van der Waals surface area (Å²) in [7, 11) is 0. The van der Waals surface area contributed by atoms with Crippen LogP contribution in [-0.4, -0.2) is 42.0 Å². The van der Waals surface area contributed by atoms with Crippen LogP contribution in [0.4, 0.5) is 0 Å². The number of hydrogen-bond donors (Lipinski definition) is 1. The smallest absolute Gasteiger partial charge is 0.251 e. The van der Waals surface area contributed by atoms with Crippen molar-refractivity contribution in [1.82, 2.24) is 15.2 Å². The Labute approximate surface area is 139 Å². The Morgan fingerprint density at radius 1 is 1.35 bits per heavy atom. The van der Waals surface area contributed by atoms with Gasteiger partial charge in [-0.3, -0.25) is 9.78 Å². The average molecular weight is 313 g/mol. The summed E-state index contributed by atoms with van der Waals surface area (Å²) >= 11 is 0. The van der Waals surface area contributed by atoms with Crippen LogP contribution in [0.1, 0.15) is 47.9 Å². The van der Waals surface area contributed by atoms with E-state index in [1.165, 1.54) is 19.3 Å². The summed E-state index contributed by atoms with van der Waals surface area (Å²) in [4.78, 5) is 19.3. The lowest BCUT2D eigenvalue weighted by Crippen LogP contribution is -2.37. The van der Waals surface area contributed by atoms with E-state index in [9.17, 15) is 4.79 Å². The normalized spacial score (nSPS) is 16.2. The number of likely N-dealkylation sites (tertiary alicyclic amines) is 1. The van der Waals surface area contributed by atoms with Crippen molar-refractivity contribution in [2.75, 3.05) is 26.2 Å². The predicted molar refractivity (Wildman–Crippen MR) is 95.4 cm³/mol. The molecule has 4 heteroatoms. The number of piperidine rings is 1. The summed E-state index contributed by atoms with van der Waals surface area (Å²) in [5.41, 5.74) is 3.35. The van der Waals surface area contributed by atoms with Crippen LogP contribution in [0.2, 0.25) is 0 Å². The molecule has 2 rings (SSSR count). The summed E-state index contributed by atoms with van der Waals surface area (Å²) in [6.45, 7) is 11.5. The summed E-state index contributed by atoms with van der Waals surface area (Å²) in [6.07, 6.45) is 7.52. The van der Waals surface area contributed by atoms with E-state index < -0.39 is 0 Å². The van der Waals surface area contributed by atoms with Gasteiger partial charge < -0.3 is 10.2 Å². The van der Waals surface area contributed by atoms with Gasteiger partial charge in [-0.15, -0.1) is 0 Å². The number of allylic oxidation sites excluding steroid dienone is 3. The first kappa shape index (κ1) is 17.4. The third kappa shape index (κ3) is 5.32. The maximum Gasteiger partial charge on any atom is 0.251 e. The molecule has 1 amide bonds. The maximum absolute atomic E-state index is 12.4. The highest BCUT2D eigenvalue weighted by molar-refractivity contribution is 5.95. The highest BCUT2D eigenvalue weighted by Crippen LogP contribution is 2.14. The first-order valence-corrected chi connectivity index (χ1v) is 8.39. The van der Waals surface area contributed by atoms with Gasteiger partial charge in [-0.2, -0.15) is 0 Å². The zero-order valence-electron chi connectivity index (χ0n) is 14.3. The fourth-order valence-electron chi connectivity index (χ4n) is 2.88. The molecule has 0 radical (unpaired) electrons. The molecule has 1 N–H and O–H groups in total. The summed E-state index contributed by atoms with van der Waals surface area (Å²) in [6, 6.07) is 3.68. The number of nitrogens with one attached hydrogen (secondary N) is 1. The Bertz CT molecular complexity index is 586. The van der Waals surface area contributed by atoms with Gasteiger partial charge >= 0.3 is 0 Å². The van der Waals surface area contributed by atoms with Crippen LogP contribution in [0, 0.1) is 6.92 Å². The molecule has 1 aromatic rings. The molecule has 1 aromatic heterocycles. The molecule has 1 fully saturated rings. The van der Waals surface area contributed by atoms with Crippen LogP contribution in [0.5, 0.6) is 0 Å². The monoisotopic (exact) mass is 313 g/mol. The van der Waals surface area contributed by atoms with Crippen molar-refractivity contribution in [3.63, 3.8) is 0 Å². The standard InChI is InChI=1S/C19H27N3O/c1-4-8-15(2)18-14-17(13-16(3)21-18)19(23)20-9-12-22-10-6-5-7-11-22/h4,8,13-14H,1,5-7,9-12H2,2-3H3,(H,20,23)/b15-8+. The van der Waals surface area contributed by atoms with Gasteiger partial charge in [0.25, 0.3) is 5.91 Å². The van der Waals surface area contributed by atoms with Gasteiger partial charge in [0, 0.05) is 24.3 Å². The van der Waals surface area contributed by atoms with Gasteiger partial charge in [0.15, 0.2) is 0 Å². The second-order valence-electron chi connectivity index (χ2n) is 6.13. The van der Waals surface area contributed by atoms with E-state index in [4.69, 9.17) is 0 Å². The number of amides is 1. The minimum Gasteiger partial charge on any atom is -0.351 e. The van der Waals surface area contributed by atoms with E-state index >= 15 is 0 Å². The van der Waals surface area contributed by atoms with Crippen LogP contribution in [0.3, 0.4) is 0 Å². The van der Waals surface area contributed by atoms with Gasteiger partial charge in [-0.05, 0) is 57.5 Å². The molecule has 1 aliphatic rings. The Hall–Kier alpha value is -1.94. The SMILES string of the molecule is C=C/C=C(\C)c1cc(C(=O)NCCN2CCCCC2)cc(C)n1. The maximum atomic E-state index is 12.4. The number of aromatic nitrogens is 1. The zero-order valence-corrected chi connectivity index (χ0v) is 14.3. The molecule has 1 aliphatic heterocycles. The van der Waals surface area contributed by atoms with Crippen molar-refractivity contribution in [1.29, 1.82) is 0 Å². The molecule has 2 heterocycles. The second-order valence-corrected chi connectivity index (χ2v) is 6.13. The number of pyridine rings is 1. The van der Waals surface area contributed by atoms with Crippen molar-refractivity contribution < 1.29 is 4.79 Å². The topological polar surface area (TPSA) is 45.2 Å². The van der Waals surface area contributed by atoms with Crippen molar-refractivity contribution >= 4 is 11.5 Å². The lowest BCUT2D eigenvalue weighted by Gasteiger charge is -2.26. The summed E-state index contributed by atoms with van der Waals surface area (Å²) < 4.78 is 0. The van der Waals surface area contributed by atoms with Crippen LogP contribution < -0.4 is 5.32 Å². The van der Waals surface area contributed by atoms with Crippen LogP contribution in [0.25, 0.3) is 5.57 Å². The molecule has 124 valence electrons. The minimum atomic E-state index is -0.0276. The van der Waals surface area contributed by atoms with Crippen LogP contribution >= 0.6 is 0 Å². The molecule has 0 atom stereocenters. The molecule has 0 unspecified atom stereocenters. The molecule has 0 aromatic carbocycles. The Balaban J connectivity index is 1.95. The third-order valence-electron chi connectivity index (χ3n) is 4.15. The molecule has 0 saturated carbocycles. The lowest BCUT2D eigenvalue weighted by molar-refractivity contribution is 0.0946. The first-order chi connectivity index (χ1) is 11.1. The van der Waals surface area contributed by atoms with Crippen molar-refractivity contribution in [3.8, 4) is 0 Å². The highest BCUT2D eigenvalue weighted by atomic mass is 16.1. The van der Waals surface area contributed by atoms with Gasteiger partial charge in [-0.1, -0.05) is 25.2 Å². The quantitative estimate of drug-likeness (QED) is 0.820. The number of rotatable bonds is 6. The van der Waals surface area contributed by atoms with Gasteiger partial charge in [0.1, 0.15) is 0 Å². The van der Waals surface area contributed by atoms with Gasteiger partial charge in [0.05, 0.1) is 5.69 Å². The lowest BCUT2D eigenvalue weighted by atomic mass is 10.1. The van der Waals surface area contributed by atoms with E-state index in [2.05, 4.69) is 21.8 Å². The molecule has 0 aliphatic carbocycles. The zero-order chi connectivity index (χ0) is 16.7. The number of nitrogens with zero attached hydrogens (tertiary/aromatic N) is 2. The van der Waals surface area contributed by atoms with E-state index in [0.717, 1.165) is 36.6 Å². The molecule has 0 spiro atoms. The van der Waals surface area contributed by atoms with E-state index in [1.54, 1.807) is 6.08 Å². The Morgan fingerprint density at radius 2 is 2.09 bits per heavy atom. The fourth-order valence-corrected chi connectivity index (χ4v) is 2.88. The molecular weight excluding hydrogens is 286 g/mol. The van der Waals surface area contributed by atoms with Crippen LogP contribution in [-0.2, 0) is 0 Å². The second kappa shape index (κ2) is 8.63.